The van der Waals surface area contributed by atoms with Crippen molar-refractivity contribution in [2.24, 2.45) is 0 Å². The zero-order valence-corrected chi connectivity index (χ0v) is 15.7. The number of rotatable bonds is 6. The summed E-state index contributed by atoms with van der Waals surface area (Å²) in [5.41, 5.74) is 0. The number of hydrogen-bond donors (Lipinski definition) is 0. The number of benzene rings is 1. The van der Waals surface area contributed by atoms with Crippen LogP contribution in [0.4, 0.5) is 4.39 Å². The summed E-state index contributed by atoms with van der Waals surface area (Å²) in [6.07, 6.45) is 3.29. The standard InChI is InChI=1S/C20H29FN2O3/c1-15(26-19-8-4-3-7-18(19)21)20(24)23(14-17-6-5-13-25-17)16-9-11-22(2)12-10-16/h3-4,7-8,15-17H,5-6,9-14H2,1-2H3/t15-,17+/m0/s1. The van der Waals surface area contributed by atoms with E-state index in [4.69, 9.17) is 9.47 Å². The molecule has 0 radical (unpaired) electrons. The van der Waals surface area contributed by atoms with E-state index in [9.17, 15) is 9.18 Å². The Balaban J connectivity index is 1.69. The molecule has 0 unspecified atom stereocenters. The molecule has 1 aromatic carbocycles. The number of amides is 1. The number of carbonyl (C=O) groups is 1. The van der Waals surface area contributed by atoms with E-state index in [1.54, 1.807) is 25.1 Å². The van der Waals surface area contributed by atoms with Crippen molar-refractivity contribution in [2.75, 3.05) is 33.3 Å². The van der Waals surface area contributed by atoms with Gasteiger partial charge in [0, 0.05) is 19.2 Å². The number of hydrogen-bond acceptors (Lipinski definition) is 4. The van der Waals surface area contributed by atoms with Crippen molar-refractivity contribution in [2.45, 2.75) is 50.9 Å². The van der Waals surface area contributed by atoms with Gasteiger partial charge in [-0.2, -0.15) is 0 Å². The number of para-hydroxylation sites is 1. The zero-order chi connectivity index (χ0) is 18.5. The maximum absolute atomic E-state index is 13.9. The van der Waals surface area contributed by atoms with Crippen molar-refractivity contribution in [1.82, 2.24) is 9.80 Å². The molecule has 2 aliphatic rings. The molecular formula is C20H29FN2O3. The van der Waals surface area contributed by atoms with Gasteiger partial charge in [0.15, 0.2) is 17.7 Å². The zero-order valence-electron chi connectivity index (χ0n) is 15.7. The van der Waals surface area contributed by atoms with Crippen LogP contribution in [0.1, 0.15) is 32.6 Å². The Morgan fingerprint density at radius 3 is 2.73 bits per heavy atom. The molecule has 2 fully saturated rings. The molecule has 2 saturated heterocycles. The molecule has 0 N–H and O–H groups in total. The van der Waals surface area contributed by atoms with Crippen LogP contribution in [0.2, 0.25) is 0 Å². The third-order valence-corrected chi connectivity index (χ3v) is 5.32. The van der Waals surface area contributed by atoms with Gasteiger partial charge in [-0.05, 0) is 64.9 Å². The third-order valence-electron chi connectivity index (χ3n) is 5.32. The fraction of sp³-hybridized carbons (Fsp3) is 0.650. The van der Waals surface area contributed by atoms with Crippen molar-refractivity contribution in [3.05, 3.63) is 30.1 Å². The second-order valence-electron chi connectivity index (χ2n) is 7.35. The van der Waals surface area contributed by atoms with E-state index in [0.29, 0.717) is 6.54 Å². The molecule has 0 aromatic heterocycles. The maximum atomic E-state index is 13.9. The lowest BCUT2D eigenvalue weighted by atomic mass is 10.0. The monoisotopic (exact) mass is 364 g/mol. The van der Waals surface area contributed by atoms with Gasteiger partial charge in [0.05, 0.1) is 6.10 Å². The predicted molar refractivity (Wildman–Crippen MR) is 97.7 cm³/mol. The molecule has 1 aromatic rings. The van der Waals surface area contributed by atoms with Gasteiger partial charge in [0.2, 0.25) is 0 Å². The first-order valence-electron chi connectivity index (χ1n) is 9.56. The van der Waals surface area contributed by atoms with E-state index in [2.05, 4.69) is 11.9 Å². The van der Waals surface area contributed by atoms with E-state index >= 15 is 0 Å². The van der Waals surface area contributed by atoms with Crippen molar-refractivity contribution >= 4 is 5.91 Å². The Kier molecular flexibility index (Phi) is 6.48. The van der Waals surface area contributed by atoms with Gasteiger partial charge in [-0.25, -0.2) is 4.39 Å². The lowest BCUT2D eigenvalue weighted by Crippen LogP contribution is -2.52. The highest BCUT2D eigenvalue weighted by Crippen LogP contribution is 2.23. The first-order chi connectivity index (χ1) is 12.5. The first-order valence-corrected chi connectivity index (χ1v) is 9.56. The number of piperidine rings is 1. The minimum absolute atomic E-state index is 0.0849. The van der Waals surface area contributed by atoms with Gasteiger partial charge >= 0.3 is 0 Å². The Morgan fingerprint density at radius 2 is 2.08 bits per heavy atom. The number of carbonyl (C=O) groups excluding carboxylic acids is 1. The Hall–Kier alpha value is -1.66. The first kappa shape index (κ1) is 19.1. The Labute approximate surface area is 155 Å². The fourth-order valence-corrected chi connectivity index (χ4v) is 3.75. The van der Waals surface area contributed by atoms with E-state index in [1.807, 2.05) is 4.90 Å². The summed E-state index contributed by atoms with van der Waals surface area (Å²) >= 11 is 0. The molecule has 2 heterocycles. The summed E-state index contributed by atoms with van der Waals surface area (Å²) in [5, 5.41) is 0. The molecule has 0 bridgehead atoms. The second-order valence-corrected chi connectivity index (χ2v) is 7.35. The van der Waals surface area contributed by atoms with Gasteiger partial charge in [-0.1, -0.05) is 12.1 Å². The molecule has 2 aliphatic heterocycles. The van der Waals surface area contributed by atoms with Crippen molar-refractivity contribution in [1.29, 1.82) is 0 Å². The number of ether oxygens (including phenoxy) is 2. The van der Waals surface area contributed by atoms with Crippen LogP contribution < -0.4 is 4.74 Å². The molecule has 2 atom stereocenters. The van der Waals surface area contributed by atoms with Crippen molar-refractivity contribution < 1.29 is 18.7 Å². The number of likely N-dealkylation sites (tertiary alicyclic amines) is 1. The molecule has 3 rings (SSSR count). The highest BCUT2D eigenvalue weighted by atomic mass is 19.1. The van der Waals surface area contributed by atoms with Crippen LogP contribution in [-0.2, 0) is 9.53 Å². The van der Waals surface area contributed by atoms with E-state index < -0.39 is 11.9 Å². The maximum Gasteiger partial charge on any atom is 0.263 e. The van der Waals surface area contributed by atoms with Crippen LogP contribution in [0.3, 0.4) is 0 Å². The van der Waals surface area contributed by atoms with Crippen LogP contribution in [-0.4, -0.2) is 67.2 Å². The summed E-state index contributed by atoms with van der Waals surface area (Å²) in [7, 11) is 2.10. The quantitative estimate of drug-likeness (QED) is 0.778. The summed E-state index contributed by atoms with van der Waals surface area (Å²) in [4.78, 5) is 17.3. The summed E-state index contributed by atoms with van der Waals surface area (Å²) < 4.78 is 25.3. The van der Waals surface area contributed by atoms with Gasteiger partial charge in [0.1, 0.15) is 0 Å². The molecule has 0 saturated carbocycles. The predicted octanol–water partition coefficient (Wildman–Crippen LogP) is 2.69. The van der Waals surface area contributed by atoms with Gasteiger partial charge < -0.3 is 19.3 Å². The summed E-state index contributed by atoms with van der Waals surface area (Å²) in [5.74, 6) is -0.413. The van der Waals surface area contributed by atoms with E-state index in [-0.39, 0.29) is 23.8 Å². The van der Waals surface area contributed by atoms with Gasteiger partial charge in [-0.3, -0.25) is 4.79 Å². The minimum Gasteiger partial charge on any atom is -0.478 e. The van der Waals surface area contributed by atoms with Gasteiger partial charge in [-0.15, -0.1) is 0 Å². The van der Waals surface area contributed by atoms with Crippen LogP contribution in [0, 0.1) is 5.82 Å². The lowest BCUT2D eigenvalue weighted by molar-refractivity contribution is -0.143. The molecule has 26 heavy (non-hydrogen) atoms. The van der Waals surface area contributed by atoms with Crippen LogP contribution in [0.15, 0.2) is 24.3 Å². The molecular weight excluding hydrogens is 335 g/mol. The molecule has 6 heteroatoms. The average molecular weight is 364 g/mol. The van der Waals surface area contributed by atoms with E-state index in [0.717, 1.165) is 45.4 Å². The van der Waals surface area contributed by atoms with Crippen LogP contribution in [0.25, 0.3) is 0 Å². The smallest absolute Gasteiger partial charge is 0.263 e. The van der Waals surface area contributed by atoms with Crippen LogP contribution in [0.5, 0.6) is 5.75 Å². The molecule has 0 spiro atoms. The third kappa shape index (κ3) is 4.74. The van der Waals surface area contributed by atoms with Gasteiger partial charge in [0.25, 0.3) is 5.91 Å². The lowest BCUT2D eigenvalue weighted by Gasteiger charge is -2.39. The SMILES string of the molecule is C[C@H](Oc1ccccc1F)C(=O)N(C[C@H]1CCCO1)C1CCN(C)CC1. The molecule has 0 aliphatic carbocycles. The minimum atomic E-state index is -0.729. The molecule has 5 nitrogen and oxygen atoms in total. The normalized spacial score (nSPS) is 23.0. The fourth-order valence-electron chi connectivity index (χ4n) is 3.75. The van der Waals surface area contributed by atoms with Crippen molar-refractivity contribution in [3.63, 3.8) is 0 Å². The highest BCUT2D eigenvalue weighted by Gasteiger charge is 2.33. The second kappa shape index (κ2) is 8.82. The number of halogens is 1. The average Bonchev–Trinajstić information content (AvgIpc) is 3.15. The highest BCUT2D eigenvalue weighted by molar-refractivity contribution is 5.81. The Morgan fingerprint density at radius 1 is 1.35 bits per heavy atom. The molecule has 144 valence electrons. The topological polar surface area (TPSA) is 42.0 Å². The van der Waals surface area contributed by atoms with E-state index in [1.165, 1.54) is 6.07 Å². The van der Waals surface area contributed by atoms with Crippen molar-refractivity contribution in [3.8, 4) is 5.75 Å². The summed E-state index contributed by atoms with van der Waals surface area (Å²) in [6.45, 7) is 5.01. The van der Waals surface area contributed by atoms with Crippen LogP contribution >= 0.6 is 0 Å². The largest absolute Gasteiger partial charge is 0.478 e. The Bertz CT molecular complexity index is 598. The number of nitrogens with zero attached hydrogens (tertiary/aromatic N) is 2. The summed E-state index contributed by atoms with van der Waals surface area (Å²) in [6, 6.07) is 6.40. The molecule has 1 amide bonds.